The minimum atomic E-state index is -0.254. The van der Waals surface area contributed by atoms with Crippen LogP contribution in [0.1, 0.15) is 42.0 Å². The number of carbonyl (C=O) groups is 1. The number of ether oxygens (including phenoxy) is 1. The number of carbonyl (C=O) groups excluding carboxylic acids is 1. The summed E-state index contributed by atoms with van der Waals surface area (Å²) in [6.07, 6.45) is 2.58. The van der Waals surface area contributed by atoms with E-state index in [2.05, 4.69) is 36.2 Å². The molecule has 0 unspecified atom stereocenters. The third kappa shape index (κ3) is 8.85. The van der Waals surface area contributed by atoms with Crippen molar-refractivity contribution in [1.29, 1.82) is 5.26 Å². The molecule has 2 aliphatic rings. The van der Waals surface area contributed by atoms with Gasteiger partial charge >= 0.3 is 0 Å². The van der Waals surface area contributed by atoms with Crippen LogP contribution < -0.4 is 10.4 Å². The molecule has 0 atom stereocenters. The van der Waals surface area contributed by atoms with Crippen LogP contribution in [0.2, 0.25) is 5.02 Å². The normalized spacial score (nSPS) is 17.2. The second-order valence-corrected chi connectivity index (χ2v) is 11.0. The van der Waals surface area contributed by atoms with Crippen LogP contribution in [0.25, 0.3) is 0 Å². The molecule has 10 nitrogen and oxygen atoms in total. The number of amides is 1. The summed E-state index contributed by atoms with van der Waals surface area (Å²) in [7, 11) is 0. The van der Waals surface area contributed by atoms with E-state index in [9.17, 15) is 10.1 Å². The van der Waals surface area contributed by atoms with Crippen molar-refractivity contribution >= 4 is 23.3 Å². The zero-order valence-electron chi connectivity index (χ0n) is 23.0. The molecular weight excluding hydrogens is 516 g/mol. The smallest absolute Gasteiger partial charge is 0.269 e. The number of nitriles is 1. The highest BCUT2D eigenvalue weighted by Crippen LogP contribution is 2.22. The molecule has 2 aliphatic heterocycles. The molecule has 11 heteroatoms. The van der Waals surface area contributed by atoms with Gasteiger partial charge in [0.15, 0.2) is 5.82 Å². The van der Waals surface area contributed by atoms with Gasteiger partial charge in [-0.05, 0) is 43.1 Å². The van der Waals surface area contributed by atoms with E-state index in [0.717, 1.165) is 77.7 Å². The average Bonchev–Trinajstić information content (AvgIpc) is 2.94. The molecule has 0 spiro atoms. The molecule has 1 aromatic heterocycles. The average molecular weight is 555 g/mol. The molecule has 0 bridgehead atoms. The first kappa shape index (κ1) is 29.2. The minimum Gasteiger partial charge on any atom is -0.379 e. The summed E-state index contributed by atoms with van der Waals surface area (Å²) in [5, 5.41) is 11.1. The number of nitrogens with one attached hydrogen (secondary N) is 1. The van der Waals surface area contributed by atoms with E-state index in [1.165, 1.54) is 12.6 Å². The maximum absolute atomic E-state index is 13.2. The van der Waals surface area contributed by atoms with Crippen LogP contribution in [-0.2, 0) is 11.3 Å². The molecular formula is C28H39ClN8O2. The Morgan fingerprint density at radius 3 is 2.51 bits per heavy atom. The number of hydrogen-bond acceptors (Lipinski definition) is 9. The lowest BCUT2D eigenvalue weighted by atomic mass is 10.1. The molecule has 39 heavy (non-hydrogen) atoms. The van der Waals surface area contributed by atoms with E-state index in [1.807, 2.05) is 32.0 Å². The van der Waals surface area contributed by atoms with Gasteiger partial charge in [0.1, 0.15) is 11.1 Å². The second-order valence-electron chi connectivity index (χ2n) is 10.5. The standard InChI is InChI=1S/C28H39ClN8O2/c1-22(2)20-37(27-25(29)19-31-26(18-30)32-27)33-28(38)24-6-3-5-23(17-24)21-36-11-9-34(10-12-36)7-4-8-35-13-15-39-16-14-35/h3,5-6,17,19,22H,4,7-16,20-21H2,1-2H3,(H,33,38). The molecule has 4 rings (SSSR count). The highest BCUT2D eigenvalue weighted by Gasteiger charge is 2.21. The molecule has 2 aromatic rings. The van der Waals surface area contributed by atoms with Crippen molar-refractivity contribution in [3.05, 3.63) is 52.4 Å². The Balaban J connectivity index is 1.29. The van der Waals surface area contributed by atoms with Crippen molar-refractivity contribution in [2.75, 3.05) is 77.1 Å². The Bertz CT molecular complexity index is 1130. The quantitative estimate of drug-likeness (QED) is 0.420. The number of anilines is 1. The highest BCUT2D eigenvalue weighted by molar-refractivity contribution is 6.32. The maximum Gasteiger partial charge on any atom is 0.269 e. The number of hydrazine groups is 1. The van der Waals surface area contributed by atoms with Gasteiger partial charge in [-0.2, -0.15) is 10.2 Å². The lowest BCUT2D eigenvalue weighted by molar-refractivity contribution is 0.0350. The van der Waals surface area contributed by atoms with Crippen LogP contribution in [0.3, 0.4) is 0 Å². The van der Waals surface area contributed by atoms with Crippen LogP contribution in [0.5, 0.6) is 0 Å². The van der Waals surface area contributed by atoms with Crippen LogP contribution in [0, 0.1) is 17.2 Å². The molecule has 2 fully saturated rings. The number of benzene rings is 1. The van der Waals surface area contributed by atoms with E-state index in [1.54, 1.807) is 11.1 Å². The predicted octanol–water partition coefficient (Wildman–Crippen LogP) is 2.65. The summed E-state index contributed by atoms with van der Waals surface area (Å²) in [5.41, 5.74) is 4.60. The van der Waals surface area contributed by atoms with Gasteiger partial charge in [0.25, 0.3) is 5.91 Å². The SMILES string of the molecule is CC(C)CN(NC(=O)c1cccc(CN2CCN(CCCN3CCOCC3)CC2)c1)c1nc(C#N)ncc1Cl. The lowest BCUT2D eigenvalue weighted by Crippen LogP contribution is -2.47. The largest absolute Gasteiger partial charge is 0.379 e. The second kappa shape index (κ2) is 14.5. The third-order valence-electron chi connectivity index (χ3n) is 6.98. The number of morpholine rings is 1. The first-order valence-corrected chi connectivity index (χ1v) is 14.1. The topological polar surface area (TPSA) is 101 Å². The van der Waals surface area contributed by atoms with Crippen LogP contribution in [0.4, 0.5) is 5.82 Å². The van der Waals surface area contributed by atoms with E-state index < -0.39 is 0 Å². The van der Waals surface area contributed by atoms with Gasteiger partial charge in [-0.25, -0.2) is 4.98 Å². The third-order valence-corrected chi connectivity index (χ3v) is 7.24. The molecule has 2 saturated heterocycles. The van der Waals surface area contributed by atoms with Crippen molar-refractivity contribution in [2.45, 2.75) is 26.8 Å². The van der Waals surface area contributed by atoms with Gasteiger partial charge in [0.2, 0.25) is 5.82 Å². The fraction of sp³-hybridized carbons (Fsp3) is 0.571. The monoisotopic (exact) mass is 554 g/mol. The summed E-state index contributed by atoms with van der Waals surface area (Å²) >= 11 is 6.33. The highest BCUT2D eigenvalue weighted by atomic mass is 35.5. The number of rotatable bonds is 11. The first-order chi connectivity index (χ1) is 18.9. The van der Waals surface area contributed by atoms with Crippen LogP contribution in [0.15, 0.2) is 30.5 Å². The van der Waals surface area contributed by atoms with Crippen molar-refractivity contribution in [1.82, 2.24) is 30.1 Å². The minimum absolute atomic E-state index is 0.00315. The summed E-state index contributed by atoms with van der Waals surface area (Å²) < 4.78 is 5.44. The molecule has 0 saturated carbocycles. The first-order valence-electron chi connectivity index (χ1n) is 13.8. The fourth-order valence-corrected chi connectivity index (χ4v) is 5.11. The van der Waals surface area contributed by atoms with E-state index in [-0.39, 0.29) is 22.7 Å². The van der Waals surface area contributed by atoms with Gasteiger partial charge in [0.05, 0.1) is 19.4 Å². The Morgan fingerprint density at radius 1 is 1.13 bits per heavy atom. The zero-order valence-corrected chi connectivity index (χ0v) is 23.7. The Labute approximate surface area is 236 Å². The summed E-state index contributed by atoms with van der Waals surface area (Å²) in [6, 6.07) is 9.67. The van der Waals surface area contributed by atoms with Crippen molar-refractivity contribution in [2.24, 2.45) is 5.92 Å². The van der Waals surface area contributed by atoms with Crippen LogP contribution >= 0.6 is 11.6 Å². The number of aromatic nitrogens is 2. The van der Waals surface area contributed by atoms with E-state index in [4.69, 9.17) is 16.3 Å². The van der Waals surface area contributed by atoms with Gasteiger partial charge in [-0.1, -0.05) is 37.6 Å². The summed E-state index contributed by atoms with van der Waals surface area (Å²) in [5.74, 6) is 0.267. The van der Waals surface area contributed by atoms with Gasteiger partial charge in [-0.15, -0.1) is 0 Å². The number of piperazine rings is 1. The van der Waals surface area contributed by atoms with Crippen molar-refractivity contribution in [3.63, 3.8) is 0 Å². The number of nitrogens with zero attached hydrogens (tertiary/aromatic N) is 7. The molecule has 210 valence electrons. The fourth-order valence-electron chi connectivity index (χ4n) is 4.92. The molecule has 1 aromatic carbocycles. The zero-order chi connectivity index (χ0) is 27.6. The Hall–Kier alpha value is -2.81. The Morgan fingerprint density at radius 2 is 1.82 bits per heavy atom. The van der Waals surface area contributed by atoms with Gasteiger partial charge in [-0.3, -0.25) is 25.0 Å². The number of halogens is 1. The molecule has 1 N–H and O–H groups in total. The molecule has 3 heterocycles. The molecule has 1 amide bonds. The number of hydrogen-bond donors (Lipinski definition) is 1. The van der Waals surface area contributed by atoms with Gasteiger partial charge < -0.3 is 9.64 Å². The van der Waals surface area contributed by atoms with E-state index >= 15 is 0 Å². The van der Waals surface area contributed by atoms with E-state index in [0.29, 0.717) is 17.9 Å². The molecule has 0 aliphatic carbocycles. The predicted molar refractivity (Wildman–Crippen MR) is 151 cm³/mol. The lowest BCUT2D eigenvalue weighted by Gasteiger charge is -2.35. The Kier molecular flexibility index (Phi) is 10.9. The molecule has 0 radical (unpaired) electrons. The summed E-state index contributed by atoms with van der Waals surface area (Å²) in [6.45, 7) is 15.6. The van der Waals surface area contributed by atoms with Crippen molar-refractivity contribution < 1.29 is 9.53 Å². The summed E-state index contributed by atoms with van der Waals surface area (Å²) in [4.78, 5) is 28.9. The maximum atomic E-state index is 13.2. The van der Waals surface area contributed by atoms with Crippen LogP contribution in [-0.4, -0.2) is 103 Å². The van der Waals surface area contributed by atoms with Gasteiger partial charge in [0, 0.05) is 57.9 Å². The van der Waals surface area contributed by atoms with Crippen molar-refractivity contribution in [3.8, 4) is 6.07 Å².